The van der Waals surface area contributed by atoms with Gasteiger partial charge in [-0.2, -0.15) is 0 Å². The molecule has 7 heteroatoms. The molecule has 29 heavy (non-hydrogen) atoms. The molecule has 1 N–H and O–H groups in total. The number of ether oxygens (including phenoxy) is 1. The van der Waals surface area contributed by atoms with E-state index in [2.05, 4.69) is 11.4 Å². The van der Waals surface area contributed by atoms with Gasteiger partial charge in [0.05, 0.1) is 25.1 Å². The predicted octanol–water partition coefficient (Wildman–Crippen LogP) is 3.74. The summed E-state index contributed by atoms with van der Waals surface area (Å²) in [6.07, 6.45) is 1.82. The number of carbonyl (C=O) groups is 1. The Labute approximate surface area is 173 Å². The zero-order valence-electron chi connectivity index (χ0n) is 17.7. The van der Waals surface area contributed by atoms with Crippen molar-refractivity contribution in [1.82, 2.24) is 5.32 Å². The van der Waals surface area contributed by atoms with Gasteiger partial charge in [0.2, 0.25) is 15.9 Å². The van der Waals surface area contributed by atoms with Gasteiger partial charge < -0.3 is 10.1 Å². The van der Waals surface area contributed by atoms with Crippen LogP contribution < -0.4 is 14.4 Å². The Balaban J connectivity index is 1.98. The van der Waals surface area contributed by atoms with Gasteiger partial charge in [0.1, 0.15) is 5.75 Å². The number of nitrogens with zero attached hydrogens (tertiary/aromatic N) is 1. The summed E-state index contributed by atoms with van der Waals surface area (Å²) in [5.74, 6) is 0.480. The number of benzene rings is 2. The van der Waals surface area contributed by atoms with Crippen molar-refractivity contribution >= 4 is 21.6 Å². The molecule has 0 radical (unpaired) electrons. The van der Waals surface area contributed by atoms with Crippen LogP contribution >= 0.6 is 0 Å². The van der Waals surface area contributed by atoms with Crippen molar-refractivity contribution in [2.24, 2.45) is 0 Å². The summed E-state index contributed by atoms with van der Waals surface area (Å²) in [4.78, 5) is 12.4. The van der Waals surface area contributed by atoms with E-state index in [-0.39, 0.29) is 24.9 Å². The average molecular weight is 419 g/mol. The molecule has 0 aromatic heterocycles. The number of methoxy groups -OCH3 is 1. The maximum atomic E-state index is 12.4. The summed E-state index contributed by atoms with van der Waals surface area (Å²) in [6.45, 7) is 6.22. The third-order valence-electron chi connectivity index (χ3n) is 4.79. The first-order chi connectivity index (χ1) is 13.6. The van der Waals surface area contributed by atoms with Gasteiger partial charge in [0, 0.05) is 19.0 Å². The molecule has 0 bridgehead atoms. The number of anilines is 1. The van der Waals surface area contributed by atoms with E-state index in [4.69, 9.17) is 4.74 Å². The number of amides is 1. The van der Waals surface area contributed by atoms with E-state index in [9.17, 15) is 13.2 Å². The Kier molecular flexibility index (Phi) is 7.67. The lowest BCUT2D eigenvalue weighted by atomic mass is 10.00. The van der Waals surface area contributed by atoms with Crippen molar-refractivity contribution in [3.8, 4) is 5.75 Å². The molecular weight excluding hydrogens is 388 g/mol. The summed E-state index contributed by atoms with van der Waals surface area (Å²) in [5, 5.41) is 3.01. The lowest BCUT2D eigenvalue weighted by molar-refractivity contribution is -0.121. The van der Waals surface area contributed by atoms with Gasteiger partial charge in [-0.3, -0.25) is 9.10 Å². The smallest absolute Gasteiger partial charge is 0.232 e. The lowest BCUT2D eigenvalue weighted by Crippen LogP contribution is -2.32. The molecule has 0 aliphatic heterocycles. The molecule has 0 spiro atoms. The fraction of sp³-hybridized carbons (Fsp3) is 0.409. The molecule has 0 aliphatic rings. The summed E-state index contributed by atoms with van der Waals surface area (Å²) >= 11 is 0. The van der Waals surface area contributed by atoms with Crippen molar-refractivity contribution in [3.05, 3.63) is 59.2 Å². The molecule has 0 saturated heterocycles. The molecule has 2 aromatic carbocycles. The Morgan fingerprint density at radius 1 is 1.17 bits per heavy atom. The molecule has 0 saturated carbocycles. The van der Waals surface area contributed by atoms with Gasteiger partial charge in [-0.15, -0.1) is 0 Å². The van der Waals surface area contributed by atoms with Crippen LogP contribution in [-0.4, -0.2) is 34.2 Å². The number of aryl methyl sites for hydroxylation is 2. The van der Waals surface area contributed by atoms with Crippen LogP contribution in [0.3, 0.4) is 0 Å². The van der Waals surface area contributed by atoms with Gasteiger partial charge in [-0.25, -0.2) is 8.42 Å². The molecule has 0 heterocycles. The molecule has 0 aliphatic carbocycles. The first kappa shape index (κ1) is 22.7. The molecule has 158 valence electrons. The second-order valence-electron chi connectivity index (χ2n) is 7.29. The second kappa shape index (κ2) is 9.78. The summed E-state index contributed by atoms with van der Waals surface area (Å²) in [7, 11) is -1.94. The van der Waals surface area contributed by atoms with Crippen LogP contribution in [0.2, 0.25) is 0 Å². The third-order valence-corrected chi connectivity index (χ3v) is 5.98. The molecule has 1 amide bonds. The Hall–Kier alpha value is -2.54. The third kappa shape index (κ3) is 6.49. The van der Waals surface area contributed by atoms with E-state index in [1.165, 1.54) is 11.4 Å². The number of nitrogens with one attached hydrogen (secondary N) is 1. The highest BCUT2D eigenvalue weighted by molar-refractivity contribution is 7.92. The van der Waals surface area contributed by atoms with E-state index < -0.39 is 10.0 Å². The maximum Gasteiger partial charge on any atom is 0.232 e. The van der Waals surface area contributed by atoms with E-state index in [0.717, 1.165) is 22.9 Å². The number of hydrogen-bond acceptors (Lipinski definition) is 4. The fourth-order valence-corrected chi connectivity index (χ4v) is 4.21. The largest absolute Gasteiger partial charge is 0.497 e. The minimum Gasteiger partial charge on any atom is -0.497 e. The van der Waals surface area contributed by atoms with E-state index >= 15 is 0 Å². The summed E-state index contributed by atoms with van der Waals surface area (Å²) < 4.78 is 30.9. The predicted molar refractivity (Wildman–Crippen MR) is 117 cm³/mol. The molecule has 0 fully saturated rings. The van der Waals surface area contributed by atoms with Crippen LogP contribution in [0.25, 0.3) is 0 Å². The highest BCUT2D eigenvalue weighted by atomic mass is 32.2. The maximum absolute atomic E-state index is 12.4. The van der Waals surface area contributed by atoms with Crippen LogP contribution in [0.1, 0.15) is 42.5 Å². The molecule has 1 atom stereocenters. The molecular formula is C22H30N2O4S. The van der Waals surface area contributed by atoms with Crippen molar-refractivity contribution < 1.29 is 17.9 Å². The van der Waals surface area contributed by atoms with Crippen molar-refractivity contribution in [2.45, 2.75) is 39.7 Å². The van der Waals surface area contributed by atoms with Crippen molar-refractivity contribution in [3.63, 3.8) is 0 Å². The van der Waals surface area contributed by atoms with Crippen LogP contribution in [0.4, 0.5) is 5.69 Å². The van der Waals surface area contributed by atoms with E-state index in [0.29, 0.717) is 17.9 Å². The van der Waals surface area contributed by atoms with Crippen molar-refractivity contribution in [1.29, 1.82) is 0 Å². The quantitative estimate of drug-likeness (QED) is 0.673. The van der Waals surface area contributed by atoms with Gasteiger partial charge in [0.15, 0.2) is 0 Å². The lowest BCUT2D eigenvalue weighted by Gasteiger charge is -2.23. The topological polar surface area (TPSA) is 75.7 Å². The summed E-state index contributed by atoms with van der Waals surface area (Å²) in [6, 6.07) is 12.9. The highest BCUT2D eigenvalue weighted by Gasteiger charge is 2.19. The monoisotopic (exact) mass is 418 g/mol. The minimum atomic E-state index is -3.47. The van der Waals surface area contributed by atoms with Gasteiger partial charge in [0.25, 0.3) is 0 Å². The normalized spacial score (nSPS) is 12.3. The van der Waals surface area contributed by atoms with Crippen LogP contribution in [0.5, 0.6) is 5.75 Å². The first-order valence-corrected chi connectivity index (χ1v) is 11.4. The van der Waals surface area contributed by atoms with Gasteiger partial charge in [-0.1, -0.05) is 29.8 Å². The number of hydrogen-bond donors (Lipinski definition) is 1. The highest BCUT2D eigenvalue weighted by Crippen LogP contribution is 2.24. The van der Waals surface area contributed by atoms with Crippen molar-refractivity contribution in [2.75, 3.05) is 24.2 Å². The van der Waals surface area contributed by atoms with Crippen LogP contribution in [-0.2, 0) is 14.8 Å². The van der Waals surface area contributed by atoms with Gasteiger partial charge >= 0.3 is 0 Å². The Bertz CT molecular complexity index is 957. The SMILES string of the molecule is COc1cccc(N(CCCC(=O)NC(C)c2cc(C)ccc2C)S(C)(=O)=O)c1. The standard InChI is InChI=1S/C22H30N2O4S/c1-16-11-12-17(2)21(14-16)18(3)23-22(25)10-7-13-24(29(5,26)27)19-8-6-9-20(15-19)28-4/h6,8-9,11-12,14-15,18H,7,10,13H2,1-5H3,(H,23,25). The number of rotatable bonds is 9. The molecule has 2 aromatic rings. The first-order valence-electron chi connectivity index (χ1n) is 9.60. The fourth-order valence-electron chi connectivity index (χ4n) is 3.25. The second-order valence-corrected chi connectivity index (χ2v) is 9.20. The van der Waals surface area contributed by atoms with E-state index in [1.807, 2.05) is 32.9 Å². The molecule has 2 rings (SSSR count). The zero-order valence-corrected chi connectivity index (χ0v) is 18.5. The van der Waals surface area contributed by atoms with Gasteiger partial charge in [-0.05, 0) is 50.5 Å². The molecule has 6 nitrogen and oxygen atoms in total. The number of sulfonamides is 1. The number of carbonyl (C=O) groups excluding carboxylic acids is 1. The summed E-state index contributed by atoms with van der Waals surface area (Å²) in [5.41, 5.74) is 3.89. The Morgan fingerprint density at radius 2 is 1.90 bits per heavy atom. The van der Waals surface area contributed by atoms with E-state index in [1.54, 1.807) is 24.3 Å². The Morgan fingerprint density at radius 3 is 2.55 bits per heavy atom. The minimum absolute atomic E-state index is 0.0995. The average Bonchev–Trinajstić information content (AvgIpc) is 2.66. The zero-order chi connectivity index (χ0) is 21.6. The van der Waals surface area contributed by atoms with Crippen LogP contribution in [0.15, 0.2) is 42.5 Å². The van der Waals surface area contributed by atoms with Crippen LogP contribution in [0, 0.1) is 13.8 Å². The molecule has 1 unspecified atom stereocenters.